The first kappa shape index (κ1) is 50.9. The van der Waals surface area contributed by atoms with Crippen molar-refractivity contribution in [3.05, 3.63) is 116 Å². The molecule has 0 amide bonds. The van der Waals surface area contributed by atoms with Crippen molar-refractivity contribution in [2.24, 2.45) is 11.8 Å². The van der Waals surface area contributed by atoms with Gasteiger partial charge in [0.05, 0.1) is 20.1 Å². The maximum Gasteiger partial charge on any atom is 0.200 e. The lowest BCUT2D eigenvalue weighted by Crippen LogP contribution is -3.10. The Morgan fingerprint density at radius 2 is 0.492 bits per heavy atom. The molecule has 1 N–H and O–H groups in total. The van der Waals surface area contributed by atoms with E-state index in [0.717, 1.165) is 11.8 Å². The molecular weight excluding hydrogens is 873 g/mol. The number of nitrogens with one attached hydrogen (secondary N) is 1. The largest absolute Gasteiger partial charge is 0.337 e. The molecule has 0 saturated carbocycles. The SMILES string of the molecule is CCCCC(C)C[NH+](C)CC(C)CCCC.Fc1c(F)c(F)c([B-](c2c(F)c(F)c(F)c(F)c2F)(c2c(F)c(F)c(F)c(F)c2F)c2c(F)c(F)c(F)c(F)c2F)c(F)c1F. The Bertz CT molecular complexity index is 1870. The molecule has 2 atom stereocenters. The van der Waals surface area contributed by atoms with Gasteiger partial charge in [0, 0.05) is 11.8 Å². The summed E-state index contributed by atoms with van der Waals surface area (Å²) >= 11 is 0. The third-order valence-electron chi connectivity index (χ3n) is 10.2. The van der Waals surface area contributed by atoms with E-state index in [9.17, 15) is 52.7 Å². The van der Waals surface area contributed by atoms with Crippen LogP contribution in [0.25, 0.3) is 0 Å². The van der Waals surface area contributed by atoms with Crippen LogP contribution in [0.3, 0.4) is 0 Å². The zero-order chi connectivity index (χ0) is 46.7. The smallest absolute Gasteiger partial charge is 0.200 e. The second kappa shape index (κ2) is 20.1. The van der Waals surface area contributed by atoms with Gasteiger partial charge in [0.25, 0.3) is 0 Å². The van der Waals surface area contributed by atoms with Crippen LogP contribution in [0.15, 0.2) is 0 Å². The molecule has 0 aromatic heterocycles. The number of halogens is 20. The van der Waals surface area contributed by atoms with Gasteiger partial charge in [-0.15, -0.1) is 21.9 Å². The number of hydrogen-bond donors (Lipinski definition) is 1. The van der Waals surface area contributed by atoms with Crippen LogP contribution in [0.4, 0.5) is 87.8 Å². The van der Waals surface area contributed by atoms with Gasteiger partial charge >= 0.3 is 0 Å². The Labute approximate surface area is 335 Å². The maximum absolute atomic E-state index is 15.4. The molecule has 4 rings (SSSR count). The zero-order valence-corrected chi connectivity index (χ0v) is 32.4. The van der Waals surface area contributed by atoms with Crippen molar-refractivity contribution in [1.29, 1.82) is 0 Å². The van der Waals surface area contributed by atoms with E-state index in [1.165, 1.54) is 51.6 Å². The number of quaternary nitrogens is 1. The van der Waals surface area contributed by atoms with Crippen molar-refractivity contribution >= 4 is 28.0 Å². The Hall–Kier alpha value is -4.50. The molecule has 22 heteroatoms. The van der Waals surface area contributed by atoms with Gasteiger partial charge in [0.15, 0.2) is 69.8 Å². The standard InChI is InChI=1S/C24BF20.C15H33N/c26-5-1(6(27)14(35)21(42)13(5)34)25(2-7(28)15(36)22(43)16(37)8(2)29,3-9(30)17(38)23(44)18(39)10(3)31)4-11(32)19(40)24(45)20(41)12(4)33;1-6-8-10-14(3)12-16(5)13-15(4)11-9-7-2/h;14-15H,6-13H2,1-5H3/q-1;/p+1. The molecule has 0 aliphatic heterocycles. The average molecular weight is 907 g/mol. The lowest BCUT2D eigenvalue weighted by Gasteiger charge is -2.44. The topological polar surface area (TPSA) is 4.44 Å². The first-order valence-corrected chi connectivity index (χ1v) is 18.3. The molecule has 4 aromatic rings. The van der Waals surface area contributed by atoms with Crippen LogP contribution in [-0.2, 0) is 0 Å². The second-order valence-electron chi connectivity index (χ2n) is 14.7. The van der Waals surface area contributed by atoms with Gasteiger partial charge in [-0.25, -0.2) is 87.8 Å². The lowest BCUT2D eigenvalue weighted by atomic mass is 9.12. The molecule has 4 aromatic carbocycles. The zero-order valence-electron chi connectivity index (χ0n) is 32.4. The van der Waals surface area contributed by atoms with Crippen LogP contribution in [0, 0.1) is 128 Å². The quantitative estimate of drug-likeness (QED) is 0.0559. The van der Waals surface area contributed by atoms with Gasteiger partial charge < -0.3 is 4.90 Å². The Morgan fingerprint density at radius 3 is 0.656 bits per heavy atom. The van der Waals surface area contributed by atoms with E-state index < -0.39 is 144 Å². The van der Waals surface area contributed by atoms with Gasteiger partial charge in [-0.05, 0) is 12.8 Å². The molecule has 0 bridgehead atoms. The third-order valence-corrected chi connectivity index (χ3v) is 10.2. The summed E-state index contributed by atoms with van der Waals surface area (Å²) in [5, 5.41) is 0. The highest BCUT2D eigenvalue weighted by atomic mass is 19.2. The maximum atomic E-state index is 15.4. The molecule has 0 saturated heterocycles. The van der Waals surface area contributed by atoms with E-state index in [1.54, 1.807) is 4.90 Å². The predicted octanol–water partition coefficient (Wildman–Crippen LogP) is 9.00. The number of unbranched alkanes of at least 4 members (excludes halogenated alkanes) is 2. The van der Waals surface area contributed by atoms with Crippen LogP contribution in [0.5, 0.6) is 0 Å². The predicted molar refractivity (Wildman–Crippen MR) is 183 cm³/mol. The van der Waals surface area contributed by atoms with Crippen molar-refractivity contribution in [3.63, 3.8) is 0 Å². The molecular formula is C39H34BF20N. The molecule has 0 radical (unpaired) electrons. The van der Waals surface area contributed by atoms with Gasteiger partial charge in [0.1, 0.15) is 52.7 Å². The summed E-state index contributed by atoms with van der Waals surface area (Å²) in [6.07, 6.45) is 1.10. The molecule has 0 fully saturated rings. The highest BCUT2D eigenvalue weighted by Gasteiger charge is 2.52. The van der Waals surface area contributed by atoms with Gasteiger partial charge in [-0.2, -0.15) is 0 Å². The molecule has 0 aliphatic carbocycles. The monoisotopic (exact) mass is 907 g/mol. The van der Waals surface area contributed by atoms with Crippen LogP contribution in [-0.4, -0.2) is 26.3 Å². The Morgan fingerprint density at radius 1 is 0.328 bits per heavy atom. The van der Waals surface area contributed by atoms with Crippen LogP contribution < -0.4 is 26.8 Å². The fraction of sp³-hybridized carbons (Fsp3) is 0.385. The number of hydrogen-bond acceptors (Lipinski definition) is 0. The fourth-order valence-electron chi connectivity index (χ4n) is 7.46. The van der Waals surface area contributed by atoms with E-state index in [2.05, 4.69) is 34.7 Å². The summed E-state index contributed by atoms with van der Waals surface area (Å²) in [5.41, 5.74) is -14.3. The van der Waals surface area contributed by atoms with Gasteiger partial charge in [-0.3, -0.25) is 0 Å². The lowest BCUT2D eigenvalue weighted by molar-refractivity contribution is -0.886. The summed E-state index contributed by atoms with van der Waals surface area (Å²) in [5.74, 6) is -69.6. The van der Waals surface area contributed by atoms with Crippen molar-refractivity contribution in [2.45, 2.75) is 66.2 Å². The minimum atomic E-state index is -7.22. The van der Waals surface area contributed by atoms with E-state index in [1.807, 2.05) is 0 Å². The van der Waals surface area contributed by atoms with Crippen LogP contribution >= 0.6 is 0 Å². The highest BCUT2D eigenvalue weighted by Crippen LogP contribution is 2.30. The Balaban J connectivity index is 0.000000525. The summed E-state index contributed by atoms with van der Waals surface area (Å²) in [7, 11) is 2.37. The fourth-order valence-corrected chi connectivity index (χ4v) is 7.46. The van der Waals surface area contributed by atoms with E-state index in [0.29, 0.717) is 0 Å². The first-order valence-electron chi connectivity index (χ1n) is 18.3. The molecule has 338 valence electrons. The number of rotatable bonds is 14. The third kappa shape index (κ3) is 9.19. The molecule has 0 spiro atoms. The minimum absolute atomic E-state index is 0.901. The van der Waals surface area contributed by atoms with Gasteiger partial charge in [0.2, 0.25) is 0 Å². The van der Waals surface area contributed by atoms with E-state index >= 15 is 35.1 Å². The normalized spacial score (nSPS) is 13.3. The van der Waals surface area contributed by atoms with Crippen LogP contribution in [0.2, 0.25) is 0 Å². The van der Waals surface area contributed by atoms with Crippen LogP contribution in [0.1, 0.15) is 66.2 Å². The van der Waals surface area contributed by atoms with Crippen molar-refractivity contribution < 1.29 is 92.7 Å². The second-order valence-corrected chi connectivity index (χ2v) is 14.7. The summed E-state index contributed by atoms with van der Waals surface area (Å²) in [4.78, 5) is 1.73. The first-order chi connectivity index (χ1) is 28.3. The summed E-state index contributed by atoms with van der Waals surface area (Å²) < 4.78 is 294. The molecule has 2 unspecified atom stereocenters. The summed E-state index contributed by atoms with van der Waals surface area (Å²) in [6, 6.07) is 0. The minimum Gasteiger partial charge on any atom is -0.337 e. The van der Waals surface area contributed by atoms with Gasteiger partial charge in [-0.1, -0.05) is 53.4 Å². The molecule has 0 heterocycles. The molecule has 1 nitrogen and oxygen atoms in total. The van der Waals surface area contributed by atoms with Crippen molar-refractivity contribution in [3.8, 4) is 0 Å². The molecule has 0 aliphatic rings. The highest BCUT2D eigenvalue weighted by molar-refractivity contribution is 7.20. The van der Waals surface area contributed by atoms with Crippen molar-refractivity contribution in [1.82, 2.24) is 0 Å². The molecule has 61 heavy (non-hydrogen) atoms. The Kier molecular flexibility index (Phi) is 16.8. The van der Waals surface area contributed by atoms with E-state index in [-0.39, 0.29) is 0 Å². The van der Waals surface area contributed by atoms with E-state index in [4.69, 9.17) is 0 Å². The average Bonchev–Trinajstić information content (AvgIpc) is 3.22. The van der Waals surface area contributed by atoms with Crippen molar-refractivity contribution in [2.75, 3.05) is 20.1 Å². The number of benzene rings is 4. The summed E-state index contributed by atoms with van der Waals surface area (Å²) in [6.45, 7) is 12.1.